The highest BCUT2D eigenvalue weighted by Crippen LogP contribution is 2.43. The lowest BCUT2D eigenvalue weighted by Crippen LogP contribution is -2.05. The summed E-state index contributed by atoms with van der Waals surface area (Å²) in [5.41, 5.74) is 9.87. The molecule has 4 nitrogen and oxygen atoms in total. The molecule has 0 aliphatic carbocycles. The maximum Gasteiger partial charge on any atom is 0.416 e. The van der Waals surface area contributed by atoms with E-state index in [1.54, 1.807) is 0 Å². The Bertz CT molecular complexity index is 3090. The minimum atomic E-state index is -4.59. The van der Waals surface area contributed by atoms with Gasteiger partial charge in [0, 0.05) is 32.7 Å². The molecule has 0 saturated heterocycles. The van der Waals surface area contributed by atoms with Crippen molar-refractivity contribution in [1.29, 1.82) is 10.5 Å². The molecule has 9 aromatic rings. The third kappa shape index (κ3) is 5.13. The molecule has 0 N–H and O–H groups in total. The topological polar surface area (TPSA) is 57.4 Å². The zero-order valence-corrected chi connectivity index (χ0v) is 29.2. The Kier molecular flexibility index (Phi) is 7.44. The van der Waals surface area contributed by atoms with Crippen molar-refractivity contribution < 1.29 is 13.2 Å². The van der Waals surface area contributed by atoms with Crippen LogP contribution in [0, 0.1) is 36.5 Å². The first-order valence-corrected chi connectivity index (χ1v) is 17.5. The highest BCUT2D eigenvalue weighted by Gasteiger charge is 2.31. The molecule has 9 rings (SSSR count). The summed E-state index contributed by atoms with van der Waals surface area (Å²) in [5, 5.41) is 24.6. The zero-order valence-electron chi connectivity index (χ0n) is 29.2. The Morgan fingerprint density at radius 3 is 1.65 bits per heavy atom. The summed E-state index contributed by atoms with van der Waals surface area (Å²) in [6.07, 6.45) is -4.59. The third-order valence-corrected chi connectivity index (χ3v) is 10.3. The molecule has 0 amide bonds. The Balaban J connectivity index is 1.41. The molecular formula is C47H29F3N4. The van der Waals surface area contributed by atoms with Crippen molar-refractivity contribution in [3.63, 3.8) is 0 Å². The van der Waals surface area contributed by atoms with Gasteiger partial charge in [0.1, 0.15) is 0 Å². The normalized spacial score (nSPS) is 11.8. The number of hydrogen-bond acceptors (Lipinski definition) is 2. The number of fused-ring (bicyclic) bond motifs is 6. The molecule has 0 bridgehead atoms. The molecule has 0 unspecified atom stereocenters. The summed E-state index contributed by atoms with van der Waals surface area (Å²) in [4.78, 5) is 0. The van der Waals surface area contributed by atoms with E-state index in [-0.39, 0.29) is 5.56 Å². The summed E-state index contributed by atoms with van der Waals surface area (Å²) in [6.45, 7) is 4.13. The van der Waals surface area contributed by atoms with Crippen molar-refractivity contribution in [2.45, 2.75) is 20.0 Å². The van der Waals surface area contributed by atoms with Crippen LogP contribution in [0.25, 0.3) is 77.2 Å². The zero-order chi connectivity index (χ0) is 37.3. The van der Waals surface area contributed by atoms with Crippen LogP contribution in [-0.2, 0) is 6.18 Å². The van der Waals surface area contributed by atoms with Gasteiger partial charge in [0.2, 0.25) is 0 Å². The highest BCUT2D eigenvalue weighted by atomic mass is 19.4. The van der Waals surface area contributed by atoms with Crippen molar-refractivity contribution >= 4 is 43.6 Å². The molecule has 0 fully saturated rings. The second-order valence-electron chi connectivity index (χ2n) is 13.7. The summed E-state index contributed by atoms with van der Waals surface area (Å²) >= 11 is 0. The Hall–Kier alpha value is -7.09. The van der Waals surface area contributed by atoms with Gasteiger partial charge in [-0.1, -0.05) is 77.9 Å². The monoisotopic (exact) mass is 706 g/mol. The number of nitriles is 2. The number of para-hydroxylation sites is 2. The third-order valence-electron chi connectivity index (χ3n) is 10.3. The molecule has 7 heteroatoms. The first-order valence-electron chi connectivity index (χ1n) is 17.5. The Morgan fingerprint density at radius 1 is 0.481 bits per heavy atom. The minimum absolute atomic E-state index is 0.0749. The quantitative estimate of drug-likeness (QED) is 0.183. The second kappa shape index (κ2) is 12.3. The van der Waals surface area contributed by atoms with Crippen LogP contribution in [0.2, 0.25) is 0 Å². The first-order chi connectivity index (χ1) is 26.1. The van der Waals surface area contributed by atoms with Crippen molar-refractivity contribution in [3.8, 4) is 45.8 Å². The van der Waals surface area contributed by atoms with E-state index in [2.05, 4.69) is 89.7 Å². The van der Waals surface area contributed by atoms with E-state index in [0.717, 1.165) is 89.4 Å². The molecule has 0 aliphatic rings. The average molecular weight is 707 g/mol. The van der Waals surface area contributed by atoms with Gasteiger partial charge >= 0.3 is 6.18 Å². The fraction of sp³-hybridized carbons (Fsp3) is 0.0638. The Labute approximate surface area is 308 Å². The number of alkyl halides is 3. The van der Waals surface area contributed by atoms with Crippen LogP contribution in [0.4, 0.5) is 13.2 Å². The fourth-order valence-corrected chi connectivity index (χ4v) is 7.89. The molecule has 0 aliphatic heterocycles. The van der Waals surface area contributed by atoms with Gasteiger partial charge in [0.05, 0.1) is 62.3 Å². The SMILES string of the molecule is Cc1ccc2c(c1)c1ccccc1n2-c1ccc(C#N)cc1-c1ccc(-c2ccc(C(F)(F)F)cc2C#N)cc1-n1c2ccccc2c2cc(C)ccc21. The van der Waals surface area contributed by atoms with Gasteiger partial charge in [0.15, 0.2) is 0 Å². The highest BCUT2D eigenvalue weighted by molar-refractivity contribution is 6.12. The molecule has 2 aromatic heterocycles. The minimum Gasteiger partial charge on any atom is -0.309 e. The largest absolute Gasteiger partial charge is 0.416 e. The predicted molar refractivity (Wildman–Crippen MR) is 210 cm³/mol. The summed E-state index contributed by atoms with van der Waals surface area (Å²) in [6, 6.07) is 48.2. The molecule has 0 spiro atoms. The van der Waals surface area contributed by atoms with E-state index in [9.17, 15) is 23.7 Å². The van der Waals surface area contributed by atoms with Gasteiger partial charge < -0.3 is 9.13 Å². The van der Waals surface area contributed by atoms with Crippen molar-refractivity contribution in [2.24, 2.45) is 0 Å². The average Bonchev–Trinajstić information content (AvgIpc) is 3.68. The van der Waals surface area contributed by atoms with E-state index >= 15 is 0 Å². The molecule has 2 heterocycles. The maximum atomic E-state index is 13.7. The molecule has 0 radical (unpaired) electrons. The van der Waals surface area contributed by atoms with E-state index in [0.29, 0.717) is 16.7 Å². The first kappa shape index (κ1) is 32.8. The van der Waals surface area contributed by atoms with Crippen LogP contribution < -0.4 is 0 Å². The van der Waals surface area contributed by atoms with Crippen molar-refractivity contribution in [3.05, 3.63) is 167 Å². The maximum absolute atomic E-state index is 13.7. The van der Waals surface area contributed by atoms with Crippen LogP contribution >= 0.6 is 0 Å². The van der Waals surface area contributed by atoms with Crippen molar-refractivity contribution in [1.82, 2.24) is 9.13 Å². The van der Waals surface area contributed by atoms with E-state index < -0.39 is 11.7 Å². The summed E-state index contributed by atoms with van der Waals surface area (Å²) in [7, 11) is 0. The fourth-order valence-electron chi connectivity index (χ4n) is 7.89. The molecule has 0 saturated carbocycles. The lowest BCUT2D eigenvalue weighted by molar-refractivity contribution is -0.137. The van der Waals surface area contributed by atoms with E-state index in [4.69, 9.17) is 0 Å². The van der Waals surface area contributed by atoms with E-state index in [1.165, 1.54) is 6.07 Å². The van der Waals surface area contributed by atoms with Crippen LogP contribution in [0.15, 0.2) is 140 Å². The number of hydrogen-bond donors (Lipinski definition) is 0. The number of aromatic nitrogens is 2. The number of nitrogens with zero attached hydrogens (tertiary/aromatic N) is 4. The van der Waals surface area contributed by atoms with Crippen molar-refractivity contribution in [2.75, 3.05) is 0 Å². The lowest BCUT2D eigenvalue weighted by atomic mass is 9.93. The number of halogens is 3. The number of benzene rings is 7. The predicted octanol–water partition coefficient (Wildman–Crippen LogP) is 12.6. The van der Waals surface area contributed by atoms with Gasteiger partial charge in [-0.05, 0) is 97.8 Å². The van der Waals surface area contributed by atoms with Crippen LogP contribution in [-0.4, -0.2) is 9.13 Å². The van der Waals surface area contributed by atoms with Gasteiger partial charge in [-0.2, -0.15) is 23.7 Å². The van der Waals surface area contributed by atoms with Crippen LogP contribution in [0.5, 0.6) is 0 Å². The molecular weight excluding hydrogens is 678 g/mol. The van der Waals surface area contributed by atoms with Gasteiger partial charge in [-0.15, -0.1) is 0 Å². The van der Waals surface area contributed by atoms with E-state index in [1.807, 2.05) is 66.7 Å². The summed E-state index contributed by atoms with van der Waals surface area (Å²) in [5.74, 6) is 0. The Morgan fingerprint density at radius 2 is 1.06 bits per heavy atom. The standard InChI is InChI=1S/C47H29F3N4/c1-28-11-18-43-38(21-28)35-7-3-5-9-41(35)53(43)45-20-13-30(26-51)23-40(45)37-16-14-31(34-17-15-33(47(48,49)50)24-32(34)27-52)25-46(37)54-42-10-6-4-8-36(42)39-22-29(2)12-19-44(39)54/h3-25H,1-2H3. The summed E-state index contributed by atoms with van der Waals surface area (Å²) < 4.78 is 45.7. The molecule has 0 atom stereocenters. The molecule has 258 valence electrons. The van der Waals surface area contributed by atoms with Gasteiger partial charge in [0.25, 0.3) is 0 Å². The number of rotatable bonds is 4. The smallest absolute Gasteiger partial charge is 0.309 e. The second-order valence-corrected chi connectivity index (χ2v) is 13.7. The molecule has 7 aromatic carbocycles. The van der Waals surface area contributed by atoms with Crippen LogP contribution in [0.1, 0.15) is 27.8 Å². The number of aryl methyl sites for hydroxylation is 2. The van der Waals surface area contributed by atoms with Gasteiger partial charge in [-0.25, -0.2) is 0 Å². The van der Waals surface area contributed by atoms with Crippen LogP contribution in [0.3, 0.4) is 0 Å². The van der Waals surface area contributed by atoms with Gasteiger partial charge in [-0.3, -0.25) is 0 Å². The lowest BCUT2D eigenvalue weighted by Gasteiger charge is -2.20. The molecule has 54 heavy (non-hydrogen) atoms.